The molecular formula is C32H34F3N5O5. The second-order valence-electron chi connectivity index (χ2n) is 10.6. The van der Waals surface area contributed by atoms with Crippen LogP contribution in [-0.2, 0) is 38.3 Å². The van der Waals surface area contributed by atoms with Crippen LogP contribution in [0.5, 0.6) is 0 Å². The van der Waals surface area contributed by atoms with Crippen molar-refractivity contribution in [2.24, 2.45) is 5.92 Å². The van der Waals surface area contributed by atoms with Gasteiger partial charge < -0.3 is 21.3 Å². The molecule has 238 valence electrons. The van der Waals surface area contributed by atoms with Gasteiger partial charge >= 0.3 is 6.18 Å². The number of benzene rings is 2. The van der Waals surface area contributed by atoms with E-state index in [1.807, 2.05) is 0 Å². The molecule has 13 heteroatoms. The summed E-state index contributed by atoms with van der Waals surface area (Å²) in [6, 6.07) is 12.2. The summed E-state index contributed by atoms with van der Waals surface area (Å²) in [6.07, 6.45) is -2.58. The fourth-order valence-electron chi connectivity index (χ4n) is 4.35. The monoisotopic (exact) mass is 625 g/mol. The van der Waals surface area contributed by atoms with Gasteiger partial charge in [-0.15, -0.1) is 0 Å². The molecule has 45 heavy (non-hydrogen) atoms. The van der Waals surface area contributed by atoms with Gasteiger partial charge in [-0.2, -0.15) is 13.2 Å². The molecule has 0 aliphatic heterocycles. The number of rotatable bonds is 13. The molecular weight excluding hydrogens is 591 g/mol. The third-order valence-electron chi connectivity index (χ3n) is 6.83. The Morgan fingerprint density at radius 3 is 2.02 bits per heavy atom. The zero-order valence-electron chi connectivity index (χ0n) is 24.9. The van der Waals surface area contributed by atoms with Gasteiger partial charge in [-0.05, 0) is 42.2 Å². The molecule has 4 amide bonds. The molecule has 0 bridgehead atoms. The van der Waals surface area contributed by atoms with Crippen LogP contribution in [0.25, 0.3) is 0 Å². The number of halogens is 3. The van der Waals surface area contributed by atoms with E-state index in [9.17, 15) is 37.1 Å². The minimum atomic E-state index is -4.72. The predicted octanol–water partition coefficient (Wildman–Crippen LogP) is 2.97. The van der Waals surface area contributed by atoms with E-state index in [2.05, 4.69) is 26.3 Å². The summed E-state index contributed by atoms with van der Waals surface area (Å²) in [6.45, 7) is 4.65. The lowest BCUT2D eigenvalue weighted by molar-refractivity contribution is -0.141. The number of carbonyl (C=O) groups excluding carboxylic acids is 5. The maximum Gasteiger partial charge on any atom is 0.416 e. The Bertz CT molecular complexity index is 1500. The summed E-state index contributed by atoms with van der Waals surface area (Å²) in [5.41, 5.74) is -0.343. The van der Waals surface area contributed by atoms with E-state index in [0.717, 1.165) is 11.6 Å². The van der Waals surface area contributed by atoms with Gasteiger partial charge in [0.2, 0.25) is 17.6 Å². The fourth-order valence-corrected chi connectivity index (χ4v) is 4.35. The molecule has 3 aromatic rings. The summed E-state index contributed by atoms with van der Waals surface area (Å²) < 4.78 is 41.0. The predicted molar refractivity (Wildman–Crippen MR) is 158 cm³/mol. The van der Waals surface area contributed by atoms with Crippen LogP contribution in [-0.4, -0.2) is 52.5 Å². The molecule has 3 unspecified atom stereocenters. The lowest BCUT2D eigenvalue weighted by Crippen LogP contribution is -2.57. The highest BCUT2D eigenvalue weighted by Crippen LogP contribution is 2.32. The Balaban J connectivity index is 1.73. The Morgan fingerprint density at radius 1 is 0.778 bits per heavy atom. The minimum absolute atomic E-state index is 0.0979. The molecule has 2 aromatic carbocycles. The summed E-state index contributed by atoms with van der Waals surface area (Å²) in [7, 11) is 0. The molecule has 1 heterocycles. The molecule has 0 spiro atoms. The molecule has 0 saturated heterocycles. The van der Waals surface area contributed by atoms with Crippen LogP contribution in [0.4, 0.5) is 13.2 Å². The molecule has 0 radical (unpaired) electrons. The van der Waals surface area contributed by atoms with Crippen molar-refractivity contribution in [1.29, 1.82) is 0 Å². The summed E-state index contributed by atoms with van der Waals surface area (Å²) in [5.74, 6) is -4.80. The van der Waals surface area contributed by atoms with E-state index in [1.54, 1.807) is 44.2 Å². The number of nitrogens with zero attached hydrogens (tertiary/aromatic N) is 1. The largest absolute Gasteiger partial charge is 0.416 e. The van der Waals surface area contributed by atoms with E-state index < -0.39 is 71.6 Å². The second-order valence-corrected chi connectivity index (χ2v) is 10.6. The SMILES string of the molecule is CC(NC(=O)C(Cc1ccccc1C(F)(F)F)NC(=O)c1ccncc1)C(=O)NC(C(=O)C(=O)NCc1ccccc1)C(C)C. The van der Waals surface area contributed by atoms with E-state index in [1.165, 1.54) is 49.6 Å². The van der Waals surface area contributed by atoms with E-state index >= 15 is 0 Å². The number of ketones is 1. The standard InChI is InChI=1S/C32H34F3N5O5/c1-19(2)26(27(41)31(45)37-18-21-9-5-4-6-10-21)40-28(42)20(3)38-30(44)25(39-29(43)22-13-15-36-16-14-22)17-23-11-7-8-12-24(23)32(33,34)35/h4-16,19-20,25-26H,17-18H2,1-3H3,(H,37,45)(H,38,44)(H,39,43)(H,40,42). The van der Waals surface area contributed by atoms with Crippen LogP contribution in [0, 0.1) is 5.92 Å². The van der Waals surface area contributed by atoms with Crippen molar-refractivity contribution in [3.8, 4) is 0 Å². The van der Waals surface area contributed by atoms with Gasteiger partial charge in [0.15, 0.2) is 0 Å². The first-order valence-electron chi connectivity index (χ1n) is 14.1. The molecule has 0 saturated carbocycles. The zero-order valence-corrected chi connectivity index (χ0v) is 24.9. The van der Waals surface area contributed by atoms with Crippen LogP contribution in [0.3, 0.4) is 0 Å². The van der Waals surface area contributed by atoms with Gasteiger partial charge in [-0.3, -0.25) is 29.0 Å². The second kappa shape index (κ2) is 15.6. The number of aromatic nitrogens is 1. The molecule has 10 nitrogen and oxygen atoms in total. The highest BCUT2D eigenvalue weighted by atomic mass is 19.4. The van der Waals surface area contributed by atoms with Crippen molar-refractivity contribution < 1.29 is 37.1 Å². The van der Waals surface area contributed by atoms with Gasteiger partial charge in [0.25, 0.3) is 11.8 Å². The Kier molecular flexibility index (Phi) is 11.9. The number of carbonyl (C=O) groups is 5. The van der Waals surface area contributed by atoms with Crippen molar-refractivity contribution in [2.45, 2.75) is 58.0 Å². The maximum atomic E-state index is 13.7. The average Bonchev–Trinajstić information content (AvgIpc) is 3.02. The van der Waals surface area contributed by atoms with Crippen molar-refractivity contribution in [2.75, 3.05) is 0 Å². The topological polar surface area (TPSA) is 146 Å². The first kappa shape index (κ1) is 34.4. The molecule has 4 N–H and O–H groups in total. The number of alkyl halides is 3. The number of Topliss-reactive ketones (excluding diaryl/α,β-unsaturated/α-hetero) is 1. The average molecular weight is 626 g/mol. The number of pyridine rings is 1. The molecule has 0 aliphatic rings. The molecule has 3 rings (SSSR count). The summed E-state index contributed by atoms with van der Waals surface area (Å²) >= 11 is 0. The van der Waals surface area contributed by atoms with Crippen molar-refractivity contribution in [1.82, 2.24) is 26.3 Å². The fraction of sp³-hybridized carbons (Fsp3) is 0.312. The van der Waals surface area contributed by atoms with E-state index in [-0.39, 0.29) is 17.7 Å². The first-order valence-corrected chi connectivity index (χ1v) is 14.1. The third kappa shape index (κ3) is 9.98. The van der Waals surface area contributed by atoms with E-state index in [4.69, 9.17) is 0 Å². The minimum Gasteiger partial charge on any atom is -0.345 e. The van der Waals surface area contributed by atoms with Crippen LogP contribution in [0.2, 0.25) is 0 Å². The number of hydrogen-bond donors (Lipinski definition) is 4. The van der Waals surface area contributed by atoms with Gasteiger partial charge in [0.1, 0.15) is 12.1 Å². The Morgan fingerprint density at radius 2 is 1.40 bits per heavy atom. The maximum absolute atomic E-state index is 13.7. The van der Waals surface area contributed by atoms with Gasteiger partial charge in [0, 0.05) is 30.9 Å². The quantitative estimate of drug-likeness (QED) is 0.215. The molecule has 0 fully saturated rings. The zero-order chi connectivity index (χ0) is 33.1. The normalized spacial score (nSPS) is 13.2. The number of nitrogens with one attached hydrogen (secondary N) is 4. The van der Waals surface area contributed by atoms with Crippen LogP contribution in [0.1, 0.15) is 47.8 Å². The van der Waals surface area contributed by atoms with Crippen LogP contribution in [0.15, 0.2) is 79.1 Å². The smallest absolute Gasteiger partial charge is 0.345 e. The van der Waals surface area contributed by atoms with E-state index in [0.29, 0.717) is 0 Å². The lowest BCUT2D eigenvalue weighted by Gasteiger charge is -2.25. The van der Waals surface area contributed by atoms with Crippen LogP contribution >= 0.6 is 0 Å². The van der Waals surface area contributed by atoms with Crippen molar-refractivity contribution in [3.63, 3.8) is 0 Å². The summed E-state index contributed by atoms with van der Waals surface area (Å²) in [5, 5.41) is 9.84. The molecule has 0 aliphatic carbocycles. The third-order valence-corrected chi connectivity index (χ3v) is 6.83. The Hall–Kier alpha value is -5.07. The molecule has 3 atom stereocenters. The van der Waals surface area contributed by atoms with Gasteiger partial charge in [-0.25, -0.2) is 0 Å². The Labute approximate surface area is 258 Å². The lowest BCUT2D eigenvalue weighted by atomic mass is 9.98. The van der Waals surface area contributed by atoms with Crippen molar-refractivity contribution >= 4 is 29.4 Å². The summed E-state index contributed by atoms with van der Waals surface area (Å²) in [4.78, 5) is 68.5. The van der Waals surface area contributed by atoms with Gasteiger partial charge in [0.05, 0.1) is 11.6 Å². The highest BCUT2D eigenvalue weighted by molar-refractivity contribution is 6.38. The van der Waals surface area contributed by atoms with Crippen LogP contribution < -0.4 is 21.3 Å². The highest BCUT2D eigenvalue weighted by Gasteiger charge is 2.35. The molecule has 1 aromatic heterocycles. The number of amides is 4. The first-order chi connectivity index (χ1) is 21.3. The van der Waals surface area contributed by atoms with Crippen molar-refractivity contribution in [3.05, 3.63) is 101 Å². The van der Waals surface area contributed by atoms with Gasteiger partial charge in [-0.1, -0.05) is 62.4 Å². The number of hydrogen-bond acceptors (Lipinski definition) is 6.